The topological polar surface area (TPSA) is 73.2 Å². The molecule has 6 nitrogen and oxygen atoms in total. The Morgan fingerprint density at radius 2 is 1.75 bits per heavy atom. The molecule has 5 rings (SSSR count). The standard InChI is InChI=1S/C26H23N3O3/c30-24(19-10-5-2-6-11-19)28-26-27-23-16-20(18-8-3-1-4-9-18)13-14-22(23)25(31)29(26)17-21-12-7-15-32-21/h1-6,8-11,13-14,16,21H,7,12,15,17H2,(H,27,28,30). The molecule has 3 aromatic carbocycles. The first-order valence-electron chi connectivity index (χ1n) is 10.8. The van der Waals surface area contributed by atoms with E-state index in [0.717, 1.165) is 24.0 Å². The molecule has 1 amide bonds. The van der Waals surface area contributed by atoms with Crippen LogP contribution in [0.1, 0.15) is 23.2 Å². The molecular weight excluding hydrogens is 402 g/mol. The summed E-state index contributed by atoms with van der Waals surface area (Å²) in [6.07, 6.45) is 1.78. The molecule has 6 heteroatoms. The minimum absolute atomic E-state index is 0.0667. The Labute approximate surface area is 185 Å². The normalized spacial score (nSPS) is 15.7. The zero-order chi connectivity index (χ0) is 21.9. The van der Waals surface area contributed by atoms with Crippen molar-refractivity contribution in [3.63, 3.8) is 0 Å². The summed E-state index contributed by atoms with van der Waals surface area (Å²) in [6, 6.07) is 24.5. The first kappa shape index (κ1) is 20.2. The van der Waals surface area contributed by atoms with E-state index in [9.17, 15) is 9.59 Å². The molecule has 160 valence electrons. The van der Waals surface area contributed by atoms with Crippen molar-refractivity contribution >= 4 is 22.8 Å². The van der Waals surface area contributed by atoms with Gasteiger partial charge < -0.3 is 4.74 Å². The van der Waals surface area contributed by atoms with Crippen LogP contribution in [0.15, 0.2) is 83.7 Å². The van der Waals surface area contributed by atoms with Crippen LogP contribution in [0.5, 0.6) is 0 Å². The third kappa shape index (κ3) is 4.05. The second kappa shape index (κ2) is 8.77. The lowest BCUT2D eigenvalue weighted by molar-refractivity contribution is 0.0956. The van der Waals surface area contributed by atoms with Crippen LogP contribution in [0.4, 0.5) is 5.95 Å². The monoisotopic (exact) mass is 425 g/mol. The quantitative estimate of drug-likeness (QED) is 0.511. The third-order valence-electron chi connectivity index (χ3n) is 5.73. The van der Waals surface area contributed by atoms with Crippen molar-refractivity contribution in [2.45, 2.75) is 25.5 Å². The van der Waals surface area contributed by atoms with Crippen molar-refractivity contribution in [3.8, 4) is 11.1 Å². The molecule has 1 N–H and O–H groups in total. The predicted molar refractivity (Wildman–Crippen MR) is 125 cm³/mol. The molecular formula is C26H23N3O3. The van der Waals surface area contributed by atoms with E-state index in [0.29, 0.717) is 29.6 Å². The molecule has 32 heavy (non-hydrogen) atoms. The maximum atomic E-state index is 13.4. The zero-order valence-corrected chi connectivity index (χ0v) is 17.5. The lowest BCUT2D eigenvalue weighted by atomic mass is 10.0. The lowest BCUT2D eigenvalue weighted by Crippen LogP contribution is -2.31. The lowest BCUT2D eigenvalue weighted by Gasteiger charge is -2.17. The molecule has 1 atom stereocenters. The molecule has 2 heterocycles. The van der Waals surface area contributed by atoms with Crippen LogP contribution in [-0.4, -0.2) is 28.2 Å². The van der Waals surface area contributed by atoms with Gasteiger partial charge in [-0.2, -0.15) is 0 Å². The summed E-state index contributed by atoms with van der Waals surface area (Å²) < 4.78 is 7.27. The molecule has 0 saturated carbocycles. The zero-order valence-electron chi connectivity index (χ0n) is 17.5. The van der Waals surface area contributed by atoms with E-state index in [1.165, 1.54) is 4.57 Å². The Morgan fingerprint density at radius 1 is 1.00 bits per heavy atom. The molecule has 1 aliphatic rings. The van der Waals surface area contributed by atoms with Crippen molar-refractivity contribution in [2.24, 2.45) is 0 Å². The third-order valence-corrected chi connectivity index (χ3v) is 5.73. The Morgan fingerprint density at radius 3 is 2.47 bits per heavy atom. The average Bonchev–Trinajstić information content (AvgIpc) is 3.35. The molecule has 1 unspecified atom stereocenters. The number of fused-ring (bicyclic) bond motifs is 1. The average molecular weight is 425 g/mol. The van der Waals surface area contributed by atoms with Crippen LogP contribution in [0.3, 0.4) is 0 Å². The second-order valence-corrected chi connectivity index (χ2v) is 7.90. The van der Waals surface area contributed by atoms with Crippen molar-refractivity contribution in [3.05, 3.63) is 94.8 Å². The number of anilines is 1. The van der Waals surface area contributed by atoms with Crippen molar-refractivity contribution in [1.82, 2.24) is 9.55 Å². The number of carbonyl (C=O) groups excluding carboxylic acids is 1. The van der Waals surface area contributed by atoms with E-state index >= 15 is 0 Å². The maximum Gasteiger partial charge on any atom is 0.262 e. The van der Waals surface area contributed by atoms with Gasteiger partial charge in [-0.05, 0) is 48.2 Å². The van der Waals surface area contributed by atoms with Crippen molar-refractivity contribution in [2.75, 3.05) is 11.9 Å². The number of nitrogens with one attached hydrogen (secondary N) is 1. The van der Waals surface area contributed by atoms with Crippen LogP contribution >= 0.6 is 0 Å². The SMILES string of the molecule is O=C(Nc1nc2cc(-c3ccccc3)ccc2c(=O)n1CC1CCCO1)c1ccccc1. The van der Waals surface area contributed by atoms with E-state index in [1.54, 1.807) is 24.3 Å². The molecule has 0 spiro atoms. The Hall–Kier alpha value is -3.77. The highest BCUT2D eigenvalue weighted by molar-refractivity contribution is 6.03. The van der Waals surface area contributed by atoms with Crippen LogP contribution in [0.25, 0.3) is 22.0 Å². The molecule has 0 aliphatic carbocycles. The van der Waals surface area contributed by atoms with Gasteiger partial charge in [0.05, 0.1) is 23.6 Å². The summed E-state index contributed by atoms with van der Waals surface area (Å²) >= 11 is 0. The minimum atomic E-state index is -0.308. The largest absolute Gasteiger partial charge is 0.376 e. The number of rotatable bonds is 5. The number of amides is 1. The number of benzene rings is 3. The van der Waals surface area contributed by atoms with Gasteiger partial charge in [-0.15, -0.1) is 0 Å². The van der Waals surface area contributed by atoms with Gasteiger partial charge in [0, 0.05) is 12.2 Å². The van der Waals surface area contributed by atoms with Crippen LogP contribution < -0.4 is 10.9 Å². The Balaban J connectivity index is 1.60. The minimum Gasteiger partial charge on any atom is -0.376 e. The van der Waals surface area contributed by atoms with Gasteiger partial charge in [-0.1, -0.05) is 54.6 Å². The molecule has 0 radical (unpaired) electrons. The number of aromatic nitrogens is 2. The number of carbonyl (C=O) groups is 1. The highest BCUT2D eigenvalue weighted by atomic mass is 16.5. The summed E-state index contributed by atoms with van der Waals surface area (Å²) in [5, 5.41) is 3.36. The van der Waals surface area contributed by atoms with E-state index < -0.39 is 0 Å². The summed E-state index contributed by atoms with van der Waals surface area (Å²) in [5.41, 5.74) is 2.86. The van der Waals surface area contributed by atoms with Gasteiger partial charge in [0.25, 0.3) is 11.5 Å². The summed E-state index contributed by atoms with van der Waals surface area (Å²) in [5.74, 6) is -0.0748. The van der Waals surface area contributed by atoms with E-state index in [2.05, 4.69) is 5.32 Å². The van der Waals surface area contributed by atoms with E-state index in [1.807, 2.05) is 54.6 Å². The fraction of sp³-hybridized carbons (Fsp3) is 0.192. The van der Waals surface area contributed by atoms with Crippen molar-refractivity contribution in [1.29, 1.82) is 0 Å². The number of hydrogen-bond donors (Lipinski definition) is 1. The molecule has 1 fully saturated rings. The first-order chi connectivity index (χ1) is 15.7. The Bertz CT molecular complexity index is 1310. The predicted octanol–water partition coefficient (Wildman–Crippen LogP) is 4.49. The van der Waals surface area contributed by atoms with E-state index in [-0.39, 0.29) is 23.5 Å². The fourth-order valence-electron chi connectivity index (χ4n) is 4.05. The van der Waals surface area contributed by atoms with Crippen molar-refractivity contribution < 1.29 is 9.53 Å². The fourth-order valence-corrected chi connectivity index (χ4v) is 4.05. The summed E-state index contributed by atoms with van der Waals surface area (Å²) in [7, 11) is 0. The number of hydrogen-bond acceptors (Lipinski definition) is 4. The smallest absolute Gasteiger partial charge is 0.262 e. The number of ether oxygens (including phenoxy) is 1. The highest BCUT2D eigenvalue weighted by Gasteiger charge is 2.21. The van der Waals surface area contributed by atoms with Gasteiger partial charge in [-0.25, -0.2) is 4.98 Å². The number of nitrogens with zero attached hydrogens (tertiary/aromatic N) is 2. The van der Waals surface area contributed by atoms with E-state index in [4.69, 9.17) is 9.72 Å². The first-order valence-corrected chi connectivity index (χ1v) is 10.8. The molecule has 0 bridgehead atoms. The van der Waals surface area contributed by atoms with Gasteiger partial charge >= 0.3 is 0 Å². The second-order valence-electron chi connectivity index (χ2n) is 7.90. The summed E-state index contributed by atoms with van der Waals surface area (Å²) in [4.78, 5) is 31.0. The van der Waals surface area contributed by atoms with Gasteiger partial charge in [-0.3, -0.25) is 19.5 Å². The molecule has 1 aromatic heterocycles. The van der Waals surface area contributed by atoms with Gasteiger partial charge in [0.1, 0.15) is 0 Å². The molecule has 1 aliphatic heterocycles. The molecule has 4 aromatic rings. The summed E-state index contributed by atoms with van der Waals surface area (Å²) in [6.45, 7) is 1.04. The van der Waals surface area contributed by atoms with Crippen LogP contribution in [0.2, 0.25) is 0 Å². The van der Waals surface area contributed by atoms with Gasteiger partial charge in [0.2, 0.25) is 5.95 Å². The maximum absolute atomic E-state index is 13.4. The van der Waals surface area contributed by atoms with Crippen LogP contribution in [0, 0.1) is 0 Å². The highest BCUT2D eigenvalue weighted by Crippen LogP contribution is 2.24. The Kier molecular flexibility index (Phi) is 5.52. The van der Waals surface area contributed by atoms with Crippen LogP contribution in [-0.2, 0) is 11.3 Å². The van der Waals surface area contributed by atoms with Gasteiger partial charge in [0.15, 0.2) is 0 Å². The molecule has 1 saturated heterocycles.